The molecule has 0 spiro atoms. The minimum absolute atomic E-state index is 0. The molecule has 12 rings (SSSR count). The number of phenolic OH excluding ortho intramolecular Hbond substituents is 2. The van der Waals surface area contributed by atoms with E-state index in [4.69, 9.17) is 8.83 Å². The van der Waals surface area contributed by atoms with Crippen molar-refractivity contribution in [3.63, 3.8) is 0 Å². The molecule has 0 aliphatic carbocycles. The van der Waals surface area contributed by atoms with Gasteiger partial charge in [-0.05, 0) is 93.0 Å². The third-order valence-corrected chi connectivity index (χ3v) is 10.8. The zero-order valence-electron chi connectivity index (χ0n) is 30.5. The molecule has 8 aromatic carbocycles. The van der Waals surface area contributed by atoms with Gasteiger partial charge in [0.05, 0.1) is 22.5 Å². The summed E-state index contributed by atoms with van der Waals surface area (Å²) in [7, 11) is 0. The molecule has 0 bridgehead atoms. The summed E-state index contributed by atoms with van der Waals surface area (Å²) in [6, 6.07) is 52.2. The minimum Gasteiger partial charge on any atom is -0.507 e. The van der Waals surface area contributed by atoms with Crippen LogP contribution in [-0.4, -0.2) is 20.2 Å². The van der Waals surface area contributed by atoms with Gasteiger partial charge in [-0.25, -0.2) is 0 Å². The zero-order chi connectivity index (χ0) is 37.3. The Balaban J connectivity index is 0.000000137. The van der Waals surface area contributed by atoms with Gasteiger partial charge in [0, 0.05) is 64.2 Å². The average molecular weight is 788 g/mol. The van der Waals surface area contributed by atoms with E-state index in [0.717, 1.165) is 32.7 Å². The van der Waals surface area contributed by atoms with E-state index < -0.39 is 0 Å². The third-order valence-electron chi connectivity index (χ3n) is 10.8. The largest absolute Gasteiger partial charge is 0.507 e. The van der Waals surface area contributed by atoms with Crippen molar-refractivity contribution >= 4 is 87.0 Å². The SMILES string of the molecule is Oc1ccc2c(oc3ccc4ccc5ccccc5c4c32)c1-c1ccccn1.Oc1ccc2c(oc3ccc4ccc5ccccc5c4c32)c1-c1ccccn1.[Zn]. The maximum Gasteiger partial charge on any atom is 0.148 e. The molecular weight excluding hydrogens is 758 g/mol. The first-order chi connectivity index (χ1) is 27.6. The van der Waals surface area contributed by atoms with E-state index in [-0.39, 0.29) is 31.0 Å². The van der Waals surface area contributed by atoms with E-state index in [1.165, 1.54) is 43.1 Å². The van der Waals surface area contributed by atoms with Gasteiger partial charge in [0.1, 0.15) is 33.8 Å². The fourth-order valence-electron chi connectivity index (χ4n) is 8.35. The van der Waals surface area contributed by atoms with Crippen molar-refractivity contribution in [3.05, 3.63) is 170 Å². The number of benzene rings is 8. The number of aromatic hydroxyl groups is 2. The van der Waals surface area contributed by atoms with Gasteiger partial charge in [-0.2, -0.15) is 0 Å². The molecule has 2 N–H and O–H groups in total. The first-order valence-electron chi connectivity index (χ1n) is 18.4. The summed E-state index contributed by atoms with van der Waals surface area (Å²) in [6.45, 7) is 0. The van der Waals surface area contributed by atoms with Crippen molar-refractivity contribution in [2.24, 2.45) is 0 Å². The Morgan fingerprint density at radius 1 is 0.351 bits per heavy atom. The fourth-order valence-corrected chi connectivity index (χ4v) is 8.35. The second-order valence-corrected chi connectivity index (χ2v) is 14.0. The molecule has 0 aliphatic rings. The number of hydrogen-bond acceptors (Lipinski definition) is 6. The Hall–Kier alpha value is -7.08. The van der Waals surface area contributed by atoms with E-state index in [2.05, 4.69) is 94.9 Å². The molecule has 6 nitrogen and oxygen atoms in total. The normalized spacial score (nSPS) is 11.5. The van der Waals surface area contributed by atoms with Gasteiger partial charge in [-0.3, -0.25) is 9.97 Å². The number of rotatable bonds is 2. The van der Waals surface area contributed by atoms with Crippen LogP contribution in [0.3, 0.4) is 0 Å². The molecule has 12 aromatic rings. The summed E-state index contributed by atoms with van der Waals surface area (Å²) in [5, 5.41) is 34.7. The van der Waals surface area contributed by atoms with Crippen LogP contribution < -0.4 is 0 Å². The third kappa shape index (κ3) is 5.42. The van der Waals surface area contributed by atoms with Gasteiger partial charge < -0.3 is 19.0 Å². The number of furan rings is 2. The molecule has 0 amide bonds. The summed E-state index contributed by atoms with van der Waals surface area (Å²) in [5.74, 6) is 0.332. The number of fused-ring (bicyclic) bond motifs is 14. The second kappa shape index (κ2) is 13.6. The van der Waals surface area contributed by atoms with Gasteiger partial charge in [-0.1, -0.05) is 97.1 Å². The second-order valence-electron chi connectivity index (χ2n) is 14.0. The maximum absolute atomic E-state index is 10.6. The van der Waals surface area contributed by atoms with Crippen LogP contribution in [0.1, 0.15) is 0 Å². The van der Waals surface area contributed by atoms with Crippen molar-refractivity contribution in [3.8, 4) is 34.0 Å². The Labute approximate surface area is 338 Å². The predicted octanol–water partition coefficient (Wildman–Crippen LogP) is 13.3. The van der Waals surface area contributed by atoms with Crippen LogP contribution in [0.4, 0.5) is 0 Å². The van der Waals surface area contributed by atoms with E-state index in [1.54, 1.807) is 24.5 Å². The molecule has 7 heteroatoms. The Bertz CT molecular complexity index is 3270. The van der Waals surface area contributed by atoms with Crippen LogP contribution in [0.15, 0.2) is 179 Å². The summed E-state index contributed by atoms with van der Waals surface area (Å²) >= 11 is 0. The van der Waals surface area contributed by atoms with E-state index in [9.17, 15) is 10.2 Å². The van der Waals surface area contributed by atoms with Gasteiger partial charge in [0.2, 0.25) is 0 Å². The summed E-state index contributed by atoms with van der Waals surface area (Å²) in [5.41, 5.74) is 5.58. The molecule has 0 aliphatic heterocycles. The standard InChI is InChI=1S/2C25H15NO2.Zn/c2*27-20-12-11-18-23-21(28-25(18)24(20)19-7-3-4-14-26-19)13-10-16-9-8-15-5-1-2-6-17(15)22(16)23;/h2*1-14,27H;. The van der Waals surface area contributed by atoms with Crippen molar-refractivity contribution in [1.29, 1.82) is 0 Å². The molecule has 4 heterocycles. The van der Waals surface area contributed by atoms with Crippen molar-refractivity contribution in [1.82, 2.24) is 9.97 Å². The van der Waals surface area contributed by atoms with Crippen LogP contribution in [-0.2, 0) is 19.5 Å². The first-order valence-corrected chi connectivity index (χ1v) is 18.4. The molecule has 0 saturated carbocycles. The Morgan fingerprint density at radius 2 is 0.754 bits per heavy atom. The number of aromatic nitrogens is 2. The molecule has 0 radical (unpaired) electrons. The zero-order valence-corrected chi connectivity index (χ0v) is 33.4. The van der Waals surface area contributed by atoms with E-state index in [0.29, 0.717) is 33.7 Å². The Kier molecular flexibility index (Phi) is 8.21. The molecular formula is C50H30N2O4Zn. The summed E-state index contributed by atoms with van der Waals surface area (Å²) < 4.78 is 12.6. The Morgan fingerprint density at radius 3 is 1.19 bits per heavy atom. The average Bonchev–Trinajstić information content (AvgIpc) is 3.82. The number of pyridine rings is 2. The summed E-state index contributed by atoms with van der Waals surface area (Å²) in [4.78, 5) is 8.84. The molecule has 0 fully saturated rings. The molecule has 0 atom stereocenters. The van der Waals surface area contributed by atoms with Crippen molar-refractivity contribution in [2.75, 3.05) is 0 Å². The van der Waals surface area contributed by atoms with Gasteiger partial charge in [0.15, 0.2) is 0 Å². The molecule has 4 aromatic heterocycles. The monoisotopic (exact) mass is 786 g/mol. The predicted molar refractivity (Wildman–Crippen MR) is 227 cm³/mol. The minimum atomic E-state index is 0. The molecule has 266 valence electrons. The van der Waals surface area contributed by atoms with Gasteiger partial charge in [0.25, 0.3) is 0 Å². The smallest absolute Gasteiger partial charge is 0.148 e. The first kappa shape index (κ1) is 34.4. The molecule has 0 saturated heterocycles. The number of phenols is 2. The van der Waals surface area contributed by atoms with Crippen LogP contribution in [0.5, 0.6) is 11.5 Å². The maximum atomic E-state index is 10.6. The van der Waals surface area contributed by atoms with Crippen LogP contribution in [0, 0.1) is 0 Å². The van der Waals surface area contributed by atoms with Crippen molar-refractivity contribution < 1.29 is 38.5 Å². The molecule has 0 unspecified atom stereocenters. The topological polar surface area (TPSA) is 92.5 Å². The fraction of sp³-hybridized carbons (Fsp3) is 0. The van der Waals surface area contributed by atoms with Crippen molar-refractivity contribution in [2.45, 2.75) is 0 Å². The number of nitrogens with zero attached hydrogens (tertiary/aromatic N) is 2. The van der Waals surface area contributed by atoms with Crippen LogP contribution in [0.2, 0.25) is 0 Å². The quantitative estimate of drug-likeness (QED) is 0.134. The number of hydrogen-bond donors (Lipinski definition) is 2. The van der Waals surface area contributed by atoms with Gasteiger partial charge in [-0.15, -0.1) is 0 Å². The van der Waals surface area contributed by atoms with Gasteiger partial charge >= 0.3 is 0 Å². The van der Waals surface area contributed by atoms with E-state index in [1.807, 2.05) is 60.7 Å². The van der Waals surface area contributed by atoms with Crippen LogP contribution >= 0.6 is 0 Å². The summed E-state index contributed by atoms with van der Waals surface area (Å²) in [6.07, 6.45) is 3.44. The van der Waals surface area contributed by atoms with Crippen LogP contribution in [0.25, 0.3) is 109 Å². The van der Waals surface area contributed by atoms with E-state index >= 15 is 0 Å². The molecule has 57 heavy (non-hydrogen) atoms.